The van der Waals surface area contributed by atoms with E-state index in [4.69, 9.17) is 10.5 Å². The standard InChI is InChI=1S/C17H22N2O3/c18-16(20)13-6-1-3-7-14(13)19-17(21)12-9-10-22-15-8-4-2-5-11(12)15/h2,4-5,8,12-14H,1,3,6-7,9-10H2,(H2,18,20)(H,19,21)/t12-,13+,14+/m0/s1. The number of nitrogens with two attached hydrogens (primary N) is 1. The molecule has 0 saturated heterocycles. The molecule has 0 unspecified atom stereocenters. The fraction of sp³-hybridized carbons (Fsp3) is 0.529. The fourth-order valence-corrected chi connectivity index (χ4v) is 3.54. The third kappa shape index (κ3) is 2.93. The highest BCUT2D eigenvalue weighted by molar-refractivity contribution is 5.86. The number of benzene rings is 1. The zero-order valence-corrected chi connectivity index (χ0v) is 12.6. The van der Waals surface area contributed by atoms with E-state index in [0.717, 1.165) is 37.0 Å². The number of ether oxygens (including phenoxy) is 1. The van der Waals surface area contributed by atoms with Gasteiger partial charge in [-0.2, -0.15) is 0 Å². The molecule has 3 rings (SSSR count). The molecule has 118 valence electrons. The van der Waals surface area contributed by atoms with Crippen LogP contribution in [0.2, 0.25) is 0 Å². The lowest BCUT2D eigenvalue weighted by molar-refractivity contribution is -0.127. The van der Waals surface area contributed by atoms with Gasteiger partial charge in [0.15, 0.2) is 0 Å². The molecule has 2 aliphatic rings. The van der Waals surface area contributed by atoms with Crippen LogP contribution in [0.25, 0.3) is 0 Å². The molecule has 1 saturated carbocycles. The Hall–Kier alpha value is -2.04. The molecule has 2 amide bonds. The van der Waals surface area contributed by atoms with Gasteiger partial charge in [0.05, 0.1) is 18.4 Å². The van der Waals surface area contributed by atoms with Crippen molar-refractivity contribution in [1.29, 1.82) is 0 Å². The van der Waals surface area contributed by atoms with Gasteiger partial charge in [-0.1, -0.05) is 31.0 Å². The average molecular weight is 302 g/mol. The molecular weight excluding hydrogens is 280 g/mol. The van der Waals surface area contributed by atoms with Gasteiger partial charge < -0.3 is 15.8 Å². The van der Waals surface area contributed by atoms with Gasteiger partial charge in [-0.15, -0.1) is 0 Å². The van der Waals surface area contributed by atoms with E-state index in [1.54, 1.807) is 0 Å². The zero-order chi connectivity index (χ0) is 15.5. The maximum absolute atomic E-state index is 12.7. The zero-order valence-electron chi connectivity index (χ0n) is 12.6. The molecule has 22 heavy (non-hydrogen) atoms. The van der Waals surface area contributed by atoms with Gasteiger partial charge in [-0.3, -0.25) is 9.59 Å². The number of fused-ring (bicyclic) bond motifs is 1. The number of para-hydroxylation sites is 1. The molecule has 1 heterocycles. The minimum atomic E-state index is -0.308. The molecule has 0 radical (unpaired) electrons. The Morgan fingerprint density at radius 1 is 1.14 bits per heavy atom. The van der Waals surface area contributed by atoms with Crippen molar-refractivity contribution in [3.05, 3.63) is 29.8 Å². The minimum absolute atomic E-state index is 0.0195. The summed E-state index contributed by atoms with van der Waals surface area (Å²) in [6, 6.07) is 7.52. The molecule has 1 aliphatic carbocycles. The smallest absolute Gasteiger partial charge is 0.228 e. The van der Waals surface area contributed by atoms with Crippen LogP contribution in [0.15, 0.2) is 24.3 Å². The van der Waals surface area contributed by atoms with Gasteiger partial charge in [0.25, 0.3) is 0 Å². The first-order valence-corrected chi connectivity index (χ1v) is 7.98. The second-order valence-electron chi connectivity index (χ2n) is 6.14. The molecule has 0 aromatic heterocycles. The summed E-state index contributed by atoms with van der Waals surface area (Å²) < 4.78 is 5.60. The third-order valence-corrected chi connectivity index (χ3v) is 4.73. The third-order valence-electron chi connectivity index (χ3n) is 4.73. The van der Waals surface area contributed by atoms with E-state index in [-0.39, 0.29) is 29.7 Å². The van der Waals surface area contributed by atoms with Crippen molar-refractivity contribution >= 4 is 11.8 Å². The highest BCUT2D eigenvalue weighted by Crippen LogP contribution is 2.34. The van der Waals surface area contributed by atoms with Crippen molar-refractivity contribution < 1.29 is 14.3 Å². The van der Waals surface area contributed by atoms with E-state index in [2.05, 4.69) is 5.32 Å². The van der Waals surface area contributed by atoms with Gasteiger partial charge in [0.2, 0.25) is 11.8 Å². The number of carbonyl (C=O) groups excluding carboxylic acids is 2. The van der Waals surface area contributed by atoms with E-state index in [9.17, 15) is 9.59 Å². The number of nitrogens with one attached hydrogen (secondary N) is 1. The summed E-state index contributed by atoms with van der Waals surface area (Å²) in [5.41, 5.74) is 6.41. The number of primary amides is 1. The van der Waals surface area contributed by atoms with Crippen molar-refractivity contribution in [2.24, 2.45) is 11.7 Å². The van der Waals surface area contributed by atoms with Crippen LogP contribution in [-0.2, 0) is 9.59 Å². The van der Waals surface area contributed by atoms with Gasteiger partial charge >= 0.3 is 0 Å². The van der Waals surface area contributed by atoms with Crippen molar-refractivity contribution in [3.63, 3.8) is 0 Å². The normalized spacial score (nSPS) is 27.4. The van der Waals surface area contributed by atoms with Crippen molar-refractivity contribution in [2.45, 2.75) is 44.1 Å². The number of rotatable bonds is 3. The molecular formula is C17H22N2O3. The van der Waals surface area contributed by atoms with Gasteiger partial charge in [-0.25, -0.2) is 0 Å². The Bertz CT molecular complexity index is 573. The Morgan fingerprint density at radius 2 is 1.91 bits per heavy atom. The van der Waals surface area contributed by atoms with Crippen LogP contribution >= 0.6 is 0 Å². The second-order valence-corrected chi connectivity index (χ2v) is 6.14. The van der Waals surface area contributed by atoms with Gasteiger partial charge in [0.1, 0.15) is 5.75 Å². The molecule has 5 nitrogen and oxygen atoms in total. The van der Waals surface area contributed by atoms with Crippen LogP contribution in [0.3, 0.4) is 0 Å². The molecule has 1 fully saturated rings. The summed E-state index contributed by atoms with van der Waals surface area (Å²) in [5.74, 6) is 0.00320. The van der Waals surface area contributed by atoms with E-state index >= 15 is 0 Å². The molecule has 0 bridgehead atoms. The molecule has 1 aliphatic heterocycles. The Kier molecular flexibility index (Phi) is 4.32. The quantitative estimate of drug-likeness (QED) is 0.892. The van der Waals surface area contributed by atoms with Crippen molar-refractivity contribution in [3.8, 4) is 5.75 Å². The van der Waals surface area contributed by atoms with Crippen molar-refractivity contribution in [1.82, 2.24) is 5.32 Å². The molecule has 1 aromatic carbocycles. The summed E-state index contributed by atoms with van der Waals surface area (Å²) >= 11 is 0. The fourth-order valence-electron chi connectivity index (χ4n) is 3.54. The molecule has 1 aromatic rings. The van der Waals surface area contributed by atoms with Crippen LogP contribution in [-0.4, -0.2) is 24.5 Å². The predicted molar refractivity (Wildman–Crippen MR) is 82.4 cm³/mol. The largest absolute Gasteiger partial charge is 0.493 e. The SMILES string of the molecule is NC(=O)[C@@H]1CCCC[C@H]1NC(=O)[C@H]1CCOc2ccccc21. The highest BCUT2D eigenvalue weighted by atomic mass is 16.5. The monoisotopic (exact) mass is 302 g/mol. The minimum Gasteiger partial charge on any atom is -0.493 e. The molecule has 0 spiro atoms. The van der Waals surface area contributed by atoms with Crippen LogP contribution in [0.5, 0.6) is 5.75 Å². The summed E-state index contributed by atoms with van der Waals surface area (Å²) in [5, 5.41) is 3.07. The van der Waals surface area contributed by atoms with Crippen LogP contribution < -0.4 is 15.8 Å². The van der Waals surface area contributed by atoms with Crippen molar-refractivity contribution in [2.75, 3.05) is 6.61 Å². The van der Waals surface area contributed by atoms with E-state index in [0.29, 0.717) is 13.0 Å². The maximum atomic E-state index is 12.7. The second kappa shape index (κ2) is 6.38. The first-order chi connectivity index (χ1) is 10.7. The lowest BCUT2D eigenvalue weighted by Gasteiger charge is -2.32. The first kappa shape index (κ1) is 14.9. The first-order valence-electron chi connectivity index (χ1n) is 7.98. The molecule has 5 heteroatoms. The number of hydrogen-bond acceptors (Lipinski definition) is 3. The lowest BCUT2D eigenvalue weighted by atomic mass is 9.83. The van der Waals surface area contributed by atoms with Crippen LogP contribution in [0, 0.1) is 5.92 Å². The number of carbonyl (C=O) groups is 2. The molecule has 3 N–H and O–H groups in total. The van der Waals surface area contributed by atoms with E-state index in [1.165, 1.54) is 0 Å². The number of amides is 2. The van der Waals surface area contributed by atoms with Crippen LogP contribution in [0.1, 0.15) is 43.6 Å². The maximum Gasteiger partial charge on any atom is 0.228 e. The summed E-state index contributed by atoms with van der Waals surface area (Å²) in [6.07, 6.45) is 4.28. The highest BCUT2D eigenvalue weighted by Gasteiger charge is 2.34. The van der Waals surface area contributed by atoms with Gasteiger partial charge in [0, 0.05) is 11.6 Å². The topological polar surface area (TPSA) is 81.4 Å². The Labute approximate surface area is 130 Å². The summed E-state index contributed by atoms with van der Waals surface area (Å²) in [7, 11) is 0. The Morgan fingerprint density at radius 3 is 2.73 bits per heavy atom. The summed E-state index contributed by atoms with van der Waals surface area (Å²) in [4.78, 5) is 24.3. The lowest BCUT2D eigenvalue weighted by Crippen LogP contribution is -2.48. The Balaban J connectivity index is 1.73. The van der Waals surface area contributed by atoms with E-state index in [1.807, 2.05) is 24.3 Å². The van der Waals surface area contributed by atoms with Crippen LogP contribution in [0.4, 0.5) is 0 Å². The predicted octanol–water partition coefficient (Wildman–Crippen LogP) is 1.71. The number of hydrogen-bond donors (Lipinski definition) is 2. The van der Waals surface area contributed by atoms with Gasteiger partial charge in [-0.05, 0) is 25.3 Å². The molecule has 3 atom stereocenters. The summed E-state index contributed by atoms with van der Waals surface area (Å²) in [6.45, 7) is 0.541. The van der Waals surface area contributed by atoms with E-state index < -0.39 is 0 Å². The average Bonchev–Trinajstić information content (AvgIpc) is 2.54.